The third kappa shape index (κ3) is 4.31. The minimum Gasteiger partial charge on any atom is -0.327 e. The van der Waals surface area contributed by atoms with Crippen molar-refractivity contribution >= 4 is 11.7 Å². The molecule has 0 aliphatic carbocycles. The molecular formula is C20H19NO2. The van der Waals surface area contributed by atoms with Gasteiger partial charge in [-0.3, -0.25) is 9.59 Å². The van der Waals surface area contributed by atoms with Crippen molar-refractivity contribution in [1.82, 2.24) is 4.90 Å². The van der Waals surface area contributed by atoms with E-state index in [1.807, 2.05) is 37.3 Å². The Morgan fingerprint density at radius 3 is 2.17 bits per heavy atom. The fourth-order valence-corrected chi connectivity index (χ4v) is 2.30. The van der Waals surface area contributed by atoms with Gasteiger partial charge >= 0.3 is 0 Å². The van der Waals surface area contributed by atoms with E-state index >= 15 is 0 Å². The molecule has 0 aliphatic heterocycles. The molecule has 0 saturated carbocycles. The fourth-order valence-electron chi connectivity index (χ4n) is 2.30. The van der Waals surface area contributed by atoms with Crippen molar-refractivity contribution in [2.75, 3.05) is 6.54 Å². The highest BCUT2D eigenvalue weighted by atomic mass is 16.2. The van der Waals surface area contributed by atoms with Crippen LogP contribution in [0.15, 0.2) is 54.6 Å². The van der Waals surface area contributed by atoms with Gasteiger partial charge in [-0.05, 0) is 5.56 Å². The first kappa shape index (κ1) is 16.5. The largest absolute Gasteiger partial charge is 0.327 e. The molecule has 0 heterocycles. The summed E-state index contributed by atoms with van der Waals surface area (Å²) in [4.78, 5) is 25.8. The highest BCUT2D eigenvalue weighted by Gasteiger charge is 2.12. The second-order valence-electron chi connectivity index (χ2n) is 5.20. The molecule has 0 aromatic heterocycles. The lowest BCUT2D eigenvalue weighted by Crippen LogP contribution is -2.30. The molecule has 2 rings (SSSR count). The minimum atomic E-state index is -0.0118. The number of benzene rings is 2. The minimum absolute atomic E-state index is 0.0118. The molecular weight excluding hydrogens is 286 g/mol. The van der Waals surface area contributed by atoms with Gasteiger partial charge in [-0.2, -0.15) is 0 Å². The van der Waals surface area contributed by atoms with E-state index in [1.54, 1.807) is 29.2 Å². The van der Waals surface area contributed by atoms with E-state index in [0.29, 0.717) is 24.1 Å². The summed E-state index contributed by atoms with van der Waals surface area (Å²) in [6.45, 7) is 2.56. The van der Waals surface area contributed by atoms with E-state index in [4.69, 9.17) is 6.42 Å². The molecule has 0 atom stereocenters. The highest BCUT2D eigenvalue weighted by molar-refractivity contribution is 6.08. The van der Waals surface area contributed by atoms with Gasteiger partial charge in [0.05, 0.1) is 6.54 Å². The Labute approximate surface area is 136 Å². The van der Waals surface area contributed by atoms with Crippen LogP contribution in [0.25, 0.3) is 0 Å². The first-order chi connectivity index (χ1) is 11.2. The van der Waals surface area contributed by atoms with E-state index < -0.39 is 0 Å². The quantitative estimate of drug-likeness (QED) is 0.606. The predicted molar refractivity (Wildman–Crippen MR) is 90.9 cm³/mol. The molecule has 3 nitrogen and oxygen atoms in total. The van der Waals surface area contributed by atoms with Crippen molar-refractivity contribution in [2.45, 2.75) is 19.9 Å². The maximum absolute atomic E-state index is 12.3. The molecule has 1 amide bonds. The number of rotatable bonds is 6. The van der Waals surface area contributed by atoms with Gasteiger partial charge < -0.3 is 4.90 Å². The molecule has 0 fully saturated rings. The van der Waals surface area contributed by atoms with Crippen molar-refractivity contribution in [2.24, 2.45) is 0 Å². The van der Waals surface area contributed by atoms with Crippen LogP contribution in [0.3, 0.4) is 0 Å². The molecule has 0 N–H and O–H groups in total. The first-order valence-electron chi connectivity index (χ1n) is 7.55. The van der Waals surface area contributed by atoms with E-state index in [9.17, 15) is 9.59 Å². The maximum atomic E-state index is 12.3. The second-order valence-corrected chi connectivity index (χ2v) is 5.20. The summed E-state index contributed by atoms with van der Waals surface area (Å²) in [6.07, 6.45) is 5.74. The van der Waals surface area contributed by atoms with E-state index in [0.717, 1.165) is 5.56 Å². The molecule has 0 bridgehead atoms. The van der Waals surface area contributed by atoms with Crippen LogP contribution < -0.4 is 0 Å². The Bertz CT molecular complexity index is 712. The Morgan fingerprint density at radius 1 is 1.00 bits per heavy atom. The van der Waals surface area contributed by atoms with Gasteiger partial charge in [-0.1, -0.05) is 67.4 Å². The average molecular weight is 305 g/mol. The van der Waals surface area contributed by atoms with Gasteiger partial charge in [-0.25, -0.2) is 0 Å². The van der Waals surface area contributed by atoms with Crippen LogP contribution in [0, 0.1) is 12.3 Å². The average Bonchev–Trinajstić information content (AvgIpc) is 2.61. The van der Waals surface area contributed by atoms with E-state index in [-0.39, 0.29) is 18.2 Å². The number of terminal acetylenes is 1. The summed E-state index contributed by atoms with van der Waals surface area (Å²) in [5.41, 5.74) is 2.24. The lowest BCUT2D eigenvalue weighted by Gasteiger charge is -2.19. The third-order valence-corrected chi connectivity index (χ3v) is 3.56. The zero-order chi connectivity index (χ0) is 16.7. The van der Waals surface area contributed by atoms with Gasteiger partial charge in [0.2, 0.25) is 5.91 Å². The van der Waals surface area contributed by atoms with Crippen LogP contribution in [0.5, 0.6) is 0 Å². The fraction of sp³-hybridized carbons (Fsp3) is 0.200. The third-order valence-electron chi connectivity index (χ3n) is 3.56. The van der Waals surface area contributed by atoms with Crippen LogP contribution in [0.2, 0.25) is 0 Å². The first-order valence-corrected chi connectivity index (χ1v) is 7.55. The van der Waals surface area contributed by atoms with Crippen LogP contribution >= 0.6 is 0 Å². The monoisotopic (exact) mass is 305 g/mol. The number of carbonyl (C=O) groups is 2. The van der Waals surface area contributed by atoms with Gasteiger partial charge in [-0.15, -0.1) is 6.42 Å². The number of hydrogen-bond donors (Lipinski definition) is 0. The summed E-state index contributed by atoms with van der Waals surface area (Å²) in [7, 11) is 0. The second kappa shape index (κ2) is 7.95. The molecule has 0 spiro atoms. The van der Waals surface area contributed by atoms with Crippen LogP contribution in [-0.4, -0.2) is 23.1 Å². The molecule has 2 aromatic rings. The van der Waals surface area contributed by atoms with Gasteiger partial charge in [0.15, 0.2) is 5.78 Å². The van der Waals surface area contributed by atoms with E-state index in [1.165, 1.54) is 0 Å². The topological polar surface area (TPSA) is 37.4 Å². The van der Waals surface area contributed by atoms with Crippen molar-refractivity contribution in [3.8, 4) is 12.3 Å². The van der Waals surface area contributed by atoms with E-state index in [2.05, 4.69) is 5.92 Å². The molecule has 0 saturated heterocycles. The number of carbonyl (C=O) groups excluding carboxylic acids is 2. The van der Waals surface area contributed by atoms with Crippen LogP contribution in [-0.2, 0) is 11.3 Å². The summed E-state index contributed by atoms with van der Waals surface area (Å²) in [6, 6.07) is 16.5. The van der Waals surface area contributed by atoms with Gasteiger partial charge in [0.1, 0.15) is 0 Å². The lowest BCUT2D eigenvalue weighted by molar-refractivity contribution is -0.130. The van der Waals surface area contributed by atoms with Crippen molar-refractivity contribution < 1.29 is 9.59 Å². The molecule has 23 heavy (non-hydrogen) atoms. The summed E-state index contributed by atoms with van der Waals surface area (Å²) >= 11 is 0. The normalized spacial score (nSPS) is 9.91. The number of hydrogen-bond acceptors (Lipinski definition) is 2. The number of amides is 1. The van der Waals surface area contributed by atoms with Gasteiger partial charge in [0, 0.05) is 24.1 Å². The van der Waals surface area contributed by atoms with Crippen molar-refractivity contribution in [1.29, 1.82) is 0 Å². The number of nitrogens with zero attached hydrogens (tertiary/aromatic N) is 1. The Morgan fingerprint density at radius 2 is 1.61 bits per heavy atom. The summed E-state index contributed by atoms with van der Waals surface area (Å²) in [5, 5.41) is 0. The predicted octanol–water partition coefficient (Wildman–Crippen LogP) is 3.29. The Balaban J connectivity index is 2.11. The molecule has 116 valence electrons. The Kier molecular flexibility index (Phi) is 5.71. The zero-order valence-corrected chi connectivity index (χ0v) is 13.2. The number of ketones is 1. The zero-order valence-electron chi connectivity index (χ0n) is 13.2. The maximum Gasteiger partial charge on any atom is 0.223 e. The Hall–Kier alpha value is -2.86. The standard InChI is InChI=1S/C20H19NO2/c1-3-14-21(19(22)4-2)15-16-10-12-18(13-11-16)20(23)17-8-6-5-7-9-17/h1,5-13H,4,14-15H2,2H3. The molecule has 0 unspecified atom stereocenters. The van der Waals surface area contributed by atoms with Crippen molar-refractivity contribution in [3.05, 3.63) is 71.3 Å². The summed E-state index contributed by atoms with van der Waals surface area (Å²) < 4.78 is 0. The smallest absolute Gasteiger partial charge is 0.223 e. The summed E-state index contributed by atoms with van der Waals surface area (Å²) in [5.74, 6) is 2.51. The van der Waals surface area contributed by atoms with Crippen LogP contribution in [0.4, 0.5) is 0 Å². The van der Waals surface area contributed by atoms with Crippen molar-refractivity contribution in [3.63, 3.8) is 0 Å². The lowest BCUT2D eigenvalue weighted by atomic mass is 10.0. The molecule has 3 heteroatoms. The molecule has 0 radical (unpaired) electrons. The molecule has 2 aromatic carbocycles. The molecule has 0 aliphatic rings. The van der Waals surface area contributed by atoms with Gasteiger partial charge in [0.25, 0.3) is 0 Å². The van der Waals surface area contributed by atoms with Crippen LogP contribution in [0.1, 0.15) is 34.8 Å². The highest BCUT2D eigenvalue weighted by Crippen LogP contribution is 2.13. The SMILES string of the molecule is C#CCN(Cc1ccc(C(=O)c2ccccc2)cc1)C(=O)CC.